The van der Waals surface area contributed by atoms with Crippen molar-refractivity contribution in [2.75, 3.05) is 11.9 Å². The number of hydrogen-bond acceptors (Lipinski definition) is 7. The van der Waals surface area contributed by atoms with Crippen molar-refractivity contribution in [3.8, 4) is 40.7 Å². The number of rotatable bonds is 5. The van der Waals surface area contributed by atoms with Gasteiger partial charge in [-0.15, -0.1) is 6.42 Å². The van der Waals surface area contributed by atoms with Crippen LogP contribution in [0, 0.1) is 23.7 Å². The number of aromatic nitrogens is 5. The number of piperidine rings is 1. The van der Waals surface area contributed by atoms with Crippen molar-refractivity contribution in [3.63, 3.8) is 0 Å². The first kappa shape index (κ1) is 23.1. The molecule has 10 heteroatoms. The van der Waals surface area contributed by atoms with E-state index in [9.17, 15) is 10.1 Å². The number of amides is 1. The number of anilines is 1. The summed E-state index contributed by atoms with van der Waals surface area (Å²) in [7, 11) is 1.87. The molecule has 4 aromatic rings. The molecule has 1 fully saturated rings. The van der Waals surface area contributed by atoms with Gasteiger partial charge in [-0.05, 0) is 43.9 Å². The highest BCUT2D eigenvalue weighted by Gasteiger charge is 2.31. The van der Waals surface area contributed by atoms with Crippen LogP contribution in [-0.4, -0.2) is 48.5 Å². The summed E-state index contributed by atoms with van der Waals surface area (Å²) in [6.45, 7) is 2.57. The van der Waals surface area contributed by atoms with E-state index in [1.54, 1.807) is 27.8 Å². The van der Waals surface area contributed by atoms with E-state index in [1.807, 2.05) is 44.6 Å². The Morgan fingerprint density at radius 2 is 2.08 bits per heavy atom. The van der Waals surface area contributed by atoms with E-state index in [4.69, 9.17) is 6.42 Å². The van der Waals surface area contributed by atoms with Crippen molar-refractivity contribution in [3.05, 3.63) is 54.7 Å². The number of pyridine rings is 2. The molecule has 5 heterocycles. The fourth-order valence-electron chi connectivity index (χ4n) is 4.51. The van der Waals surface area contributed by atoms with Gasteiger partial charge in [-0.2, -0.15) is 15.5 Å². The highest BCUT2D eigenvalue weighted by molar-refractivity contribution is 5.93. The van der Waals surface area contributed by atoms with E-state index >= 15 is 0 Å². The van der Waals surface area contributed by atoms with Gasteiger partial charge in [-0.1, -0.05) is 0 Å². The smallest absolute Gasteiger partial charge is 0.296 e. The summed E-state index contributed by atoms with van der Waals surface area (Å²) in [5.74, 6) is 2.43. The summed E-state index contributed by atoms with van der Waals surface area (Å²) < 4.78 is 3.47. The topological polar surface area (TPSA) is 125 Å². The largest absolute Gasteiger partial charge is 0.355 e. The summed E-state index contributed by atoms with van der Waals surface area (Å²) in [6, 6.07) is 8.16. The van der Waals surface area contributed by atoms with E-state index < -0.39 is 5.91 Å². The van der Waals surface area contributed by atoms with Crippen LogP contribution in [0.5, 0.6) is 0 Å². The van der Waals surface area contributed by atoms with E-state index in [0.717, 1.165) is 46.4 Å². The summed E-state index contributed by atoms with van der Waals surface area (Å²) in [4.78, 5) is 16.2. The second-order valence-corrected chi connectivity index (χ2v) is 9.22. The molecule has 0 aliphatic carbocycles. The average molecular weight is 480 g/mol. The highest BCUT2D eigenvalue weighted by atomic mass is 16.1. The molecule has 3 N–H and O–H groups in total. The number of aryl methyl sites for hydroxylation is 1. The van der Waals surface area contributed by atoms with Crippen molar-refractivity contribution in [1.82, 2.24) is 35.0 Å². The highest BCUT2D eigenvalue weighted by Crippen LogP contribution is 2.32. The first-order valence-corrected chi connectivity index (χ1v) is 11.5. The van der Waals surface area contributed by atoms with E-state index in [2.05, 4.69) is 43.1 Å². The number of carbonyl (C=O) groups is 1. The van der Waals surface area contributed by atoms with Crippen LogP contribution in [-0.2, 0) is 11.8 Å². The average Bonchev–Trinajstić information content (AvgIpc) is 3.51. The maximum absolute atomic E-state index is 11.6. The van der Waals surface area contributed by atoms with Crippen molar-refractivity contribution in [1.29, 1.82) is 5.26 Å². The third-order valence-corrected chi connectivity index (χ3v) is 6.44. The van der Waals surface area contributed by atoms with Gasteiger partial charge in [0, 0.05) is 54.4 Å². The van der Waals surface area contributed by atoms with Gasteiger partial charge in [0.1, 0.15) is 11.9 Å². The number of terminal acetylenes is 1. The van der Waals surface area contributed by atoms with E-state index in [1.165, 1.54) is 0 Å². The van der Waals surface area contributed by atoms with Crippen LogP contribution in [0.15, 0.2) is 49.2 Å². The second kappa shape index (κ2) is 9.17. The molecule has 5 rings (SSSR count). The molecule has 2 unspecified atom stereocenters. The number of carbonyl (C=O) groups excluding carboxylic acids is 1. The Hall–Kier alpha value is -4.67. The van der Waals surface area contributed by atoms with Gasteiger partial charge in [0.05, 0.1) is 35.2 Å². The minimum Gasteiger partial charge on any atom is -0.355 e. The fraction of sp³-hybridized carbons (Fsp3) is 0.269. The van der Waals surface area contributed by atoms with Crippen molar-refractivity contribution in [2.45, 2.75) is 31.5 Å². The molecule has 1 aliphatic rings. The predicted octanol–water partition coefficient (Wildman–Crippen LogP) is 2.30. The van der Waals surface area contributed by atoms with Gasteiger partial charge < -0.3 is 10.6 Å². The standard InChI is InChI=1S/C26H25N9O/c1-4-24(36)33-26(2)8-7-23(29-16-26)32-22-6-5-17(11-28-22)21-9-18(20-13-30-34(3)14-20)15-35-25(21)19(10-27)12-31-35/h1,5-6,9,11-15,23,29H,7-8,16H2,2-3H3,(H,28,32)(H,33,36). The molecule has 0 aromatic carbocycles. The van der Waals surface area contributed by atoms with Gasteiger partial charge in [0.2, 0.25) is 0 Å². The monoisotopic (exact) mass is 479 g/mol. The molecule has 4 aromatic heterocycles. The van der Waals surface area contributed by atoms with Gasteiger partial charge in [-0.3, -0.25) is 14.8 Å². The lowest BCUT2D eigenvalue weighted by molar-refractivity contribution is -0.117. The molecule has 2 atom stereocenters. The normalized spacial score (nSPS) is 19.4. The Morgan fingerprint density at radius 3 is 2.72 bits per heavy atom. The molecule has 0 radical (unpaired) electrons. The lowest BCUT2D eigenvalue weighted by atomic mass is 9.91. The van der Waals surface area contributed by atoms with Gasteiger partial charge in [-0.25, -0.2) is 9.50 Å². The molecule has 1 aliphatic heterocycles. The summed E-state index contributed by atoms with van der Waals surface area (Å²) >= 11 is 0. The molecular weight excluding hydrogens is 454 g/mol. The zero-order chi connectivity index (χ0) is 25.3. The predicted molar refractivity (Wildman–Crippen MR) is 135 cm³/mol. The third kappa shape index (κ3) is 4.50. The van der Waals surface area contributed by atoms with Crippen molar-refractivity contribution >= 4 is 17.2 Å². The molecule has 1 saturated heterocycles. The van der Waals surface area contributed by atoms with Crippen LogP contribution in [0.3, 0.4) is 0 Å². The Morgan fingerprint density at radius 1 is 1.22 bits per heavy atom. The Kier molecular flexibility index (Phi) is 5.88. The first-order valence-electron chi connectivity index (χ1n) is 11.5. The molecule has 10 nitrogen and oxygen atoms in total. The SMILES string of the molecule is C#CC(=O)NC1(C)CCC(Nc2ccc(-c3cc(-c4cnn(C)c4)cn4ncc(C#N)c34)cn2)NC1. The van der Waals surface area contributed by atoms with E-state index in [-0.39, 0.29) is 11.7 Å². The Balaban J connectivity index is 1.37. The number of nitrogens with zero attached hydrogens (tertiary/aromatic N) is 6. The zero-order valence-electron chi connectivity index (χ0n) is 20.0. The van der Waals surface area contributed by atoms with Crippen LogP contribution in [0.4, 0.5) is 5.82 Å². The second-order valence-electron chi connectivity index (χ2n) is 9.22. The minimum absolute atomic E-state index is 0.0137. The molecule has 0 bridgehead atoms. The van der Waals surface area contributed by atoms with E-state index in [0.29, 0.717) is 12.1 Å². The Bertz CT molecular complexity index is 1510. The zero-order valence-corrected chi connectivity index (χ0v) is 20.0. The molecule has 0 spiro atoms. The first-order chi connectivity index (χ1) is 17.4. The lowest BCUT2D eigenvalue weighted by Gasteiger charge is -2.38. The summed E-state index contributed by atoms with van der Waals surface area (Å²) in [6.07, 6.45) is 15.8. The minimum atomic E-state index is -0.401. The number of hydrogen-bond donors (Lipinski definition) is 3. The molecule has 180 valence electrons. The molecule has 1 amide bonds. The number of nitrogens with one attached hydrogen (secondary N) is 3. The molecule has 0 saturated carbocycles. The number of fused-ring (bicyclic) bond motifs is 1. The van der Waals surface area contributed by atoms with Crippen molar-refractivity contribution in [2.24, 2.45) is 7.05 Å². The summed E-state index contributed by atoms with van der Waals surface area (Å²) in [5.41, 5.74) is 4.47. The Labute approximate surface area is 208 Å². The maximum atomic E-state index is 11.6. The van der Waals surface area contributed by atoms with Crippen LogP contribution in [0.1, 0.15) is 25.3 Å². The maximum Gasteiger partial charge on any atom is 0.296 e. The number of nitriles is 1. The molecular formula is C26H25N9O. The van der Waals surface area contributed by atoms with Gasteiger partial charge in [0.15, 0.2) is 0 Å². The van der Waals surface area contributed by atoms with Crippen LogP contribution in [0.25, 0.3) is 27.8 Å². The van der Waals surface area contributed by atoms with Gasteiger partial charge in [0.25, 0.3) is 5.91 Å². The third-order valence-electron chi connectivity index (χ3n) is 6.44. The molecule has 36 heavy (non-hydrogen) atoms. The van der Waals surface area contributed by atoms with Gasteiger partial charge >= 0.3 is 0 Å². The van der Waals surface area contributed by atoms with Crippen LogP contribution < -0.4 is 16.0 Å². The quantitative estimate of drug-likeness (QED) is 0.375. The summed E-state index contributed by atoms with van der Waals surface area (Å²) in [5, 5.41) is 28.0. The van der Waals surface area contributed by atoms with Crippen molar-refractivity contribution < 1.29 is 4.79 Å². The van der Waals surface area contributed by atoms with Crippen LogP contribution >= 0.6 is 0 Å². The van der Waals surface area contributed by atoms with Crippen LogP contribution in [0.2, 0.25) is 0 Å². The fourth-order valence-corrected chi connectivity index (χ4v) is 4.51. The lowest BCUT2D eigenvalue weighted by Crippen LogP contribution is -2.59.